The van der Waals surface area contributed by atoms with Crippen LogP contribution in [0.25, 0.3) is 0 Å². The van der Waals surface area contributed by atoms with E-state index >= 15 is 0 Å². The molecule has 0 unspecified atom stereocenters. The number of hydrogen-bond donors (Lipinski definition) is 2. The van der Waals surface area contributed by atoms with Crippen molar-refractivity contribution >= 4 is 40.7 Å². The molecule has 1 aromatic heterocycles. The molecule has 3 rings (SSSR count). The highest BCUT2D eigenvalue weighted by Crippen LogP contribution is 2.29. The van der Waals surface area contributed by atoms with Crippen LogP contribution in [0.15, 0.2) is 24.4 Å². The number of halogens is 2. The third-order valence-corrected chi connectivity index (χ3v) is 5.38. The number of carboxylic acid groups (broad SMARTS) is 1. The van der Waals surface area contributed by atoms with Crippen molar-refractivity contribution in [2.75, 3.05) is 37.0 Å². The average Bonchev–Trinajstić information content (AvgIpc) is 2.70. The molecule has 0 bridgehead atoms. The Morgan fingerprint density at radius 1 is 1.36 bits per heavy atom. The van der Waals surface area contributed by atoms with E-state index in [-0.39, 0.29) is 11.9 Å². The monoisotopic (exact) mass is 424 g/mol. The maximum Gasteiger partial charge on any atom is 0.318 e. The summed E-state index contributed by atoms with van der Waals surface area (Å²) >= 11 is 12.2. The van der Waals surface area contributed by atoms with E-state index in [4.69, 9.17) is 27.9 Å². The van der Waals surface area contributed by atoms with Crippen molar-refractivity contribution in [3.63, 3.8) is 0 Å². The first-order valence-electron chi connectivity index (χ1n) is 9.04. The highest BCUT2D eigenvalue weighted by atomic mass is 35.5. The van der Waals surface area contributed by atoms with Crippen molar-refractivity contribution in [3.05, 3.63) is 40.0 Å². The van der Waals surface area contributed by atoms with Gasteiger partial charge in [-0.15, -0.1) is 0 Å². The lowest BCUT2D eigenvalue weighted by atomic mass is 9.97. The molecular weight excluding hydrogens is 403 g/mol. The smallest absolute Gasteiger partial charge is 0.318 e. The first kappa shape index (κ1) is 20.5. The van der Waals surface area contributed by atoms with E-state index in [1.807, 2.05) is 12.1 Å². The number of methoxy groups -OCH3 is 1. The Morgan fingerprint density at radius 2 is 2.11 bits per heavy atom. The molecule has 9 heteroatoms. The second kappa shape index (κ2) is 9.30. The van der Waals surface area contributed by atoms with Gasteiger partial charge in [0.25, 0.3) is 0 Å². The molecule has 0 amide bonds. The fraction of sp³-hybridized carbons (Fsp3) is 0.421. The summed E-state index contributed by atoms with van der Waals surface area (Å²) in [5.74, 6) is -0.320. The van der Waals surface area contributed by atoms with E-state index in [2.05, 4.69) is 20.2 Å². The van der Waals surface area contributed by atoms with Crippen LogP contribution in [-0.4, -0.2) is 47.8 Å². The predicted molar refractivity (Wildman–Crippen MR) is 110 cm³/mol. The van der Waals surface area contributed by atoms with Crippen LogP contribution < -0.4 is 15.0 Å². The Labute approximate surface area is 173 Å². The van der Waals surface area contributed by atoms with Gasteiger partial charge >= 0.3 is 12.0 Å². The molecule has 7 nitrogen and oxygen atoms in total. The minimum Gasteiger partial charge on any atom is -0.481 e. The number of hydrogen-bond acceptors (Lipinski definition) is 6. The number of anilines is 2. The molecule has 0 saturated carbocycles. The molecule has 1 aromatic carbocycles. The number of benzene rings is 1. The van der Waals surface area contributed by atoms with Gasteiger partial charge in [-0.05, 0) is 37.0 Å². The summed E-state index contributed by atoms with van der Waals surface area (Å²) < 4.78 is 5.16. The molecule has 2 heterocycles. The number of ether oxygens (including phenoxy) is 1. The maximum atomic E-state index is 11.2. The largest absolute Gasteiger partial charge is 0.481 e. The van der Waals surface area contributed by atoms with Gasteiger partial charge in [-0.3, -0.25) is 4.79 Å². The fourth-order valence-corrected chi connectivity index (χ4v) is 3.72. The summed E-state index contributed by atoms with van der Waals surface area (Å²) in [4.78, 5) is 21.9. The van der Waals surface area contributed by atoms with E-state index in [9.17, 15) is 9.90 Å². The molecule has 28 heavy (non-hydrogen) atoms. The van der Waals surface area contributed by atoms with Crippen molar-refractivity contribution in [1.29, 1.82) is 0 Å². The first-order valence-corrected chi connectivity index (χ1v) is 9.80. The lowest BCUT2D eigenvalue weighted by Gasteiger charge is -2.32. The summed E-state index contributed by atoms with van der Waals surface area (Å²) in [6.45, 7) is 1.87. The third-order valence-electron chi connectivity index (χ3n) is 4.80. The molecule has 150 valence electrons. The minimum atomic E-state index is -0.738. The zero-order valence-corrected chi connectivity index (χ0v) is 17.0. The average molecular weight is 425 g/mol. The SMILES string of the molecule is COc1ncc(NCCc2ccc(Cl)cc2Cl)c(N2CCC(C(=O)O)CC2)n1. The molecule has 0 spiro atoms. The molecule has 1 saturated heterocycles. The number of rotatable bonds is 7. The van der Waals surface area contributed by atoms with Crippen molar-refractivity contribution in [3.8, 4) is 6.01 Å². The highest BCUT2D eigenvalue weighted by Gasteiger charge is 2.26. The number of piperidine rings is 1. The first-order chi connectivity index (χ1) is 13.5. The Hall–Kier alpha value is -2.25. The number of carboxylic acids is 1. The Kier molecular flexibility index (Phi) is 6.80. The fourth-order valence-electron chi connectivity index (χ4n) is 3.22. The molecule has 2 aromatic rings. The molecule has 0 aliphatic carbocycles. The number of nitrogens with zero attached hydrogens (tertiary/aromatic N) is 3. The number of nitrogens with one attached hydrogen (secondary N) is 1. The van der Waals surface area contributed by atoms with E-state index in [1.54, 1.807) is 12.3 Å². The summed E-state index contributed by atoms with van der Waals surface area (Å²) in [6, 6.07) is 5.74. The minimum absolute atomic E-state index is 0.279. The third kappa shape index (κ3) is 4.97. The van der Waals surface area contributed by atoms with Gasteiger partial charge < -0.3 is 20.1 Å². The summed E-state index contributed by atoms with van der Waals surface area (Å²) in [5, 5.41) is 13.8. The number of aliphatic carboxylic acids is 1. The van der Waals surface area contributed by atoms with Gasteiger partial charge in [0.2, 0.25) is 0 Å². The Bertz CT molecular complexity index is 842. The predicted octanol–water partition coefficient (Wildman–Crippen LogP) is 3.75. The van der Waals surface area contributed by atoms with Crippen LogP contribution in [0.1, 0.15) is 18.4 Å². The standard InChI is InChI=1S/C19H22Cl2N4O3/c1-28-19-23-11-16(22-7-4-12-2-3-14(20)10-15(12)21)17(24-19)25-8-5-13(6-9-25)18(26)27/h2-3,10-11,13,22H,4-9H2,1H3,(H,26,27). The van der Waals surface area contributed by atoms with E-state index in [1.165, 1.54) is 7.11 Å². The van der Waals surface area contributed by atoms with Crippen LogP contribution in [0.3, 0.4) is 0 Å². The summed E-state index contributed by atoms with van der Waals surface area (Å²) in [7, 11) is 1.52. The van der Waals surface area contributed by atoms with Gasteiger partial charge in [0.1, 0.15) is 0 Å². The van der Waals surface area contributed by atoms with Crippen molar-refractivity contribution in [2.24, 2.45) is 5.92 Å². The van der Waals surface area contributed by atoms with Gasteiger partial charge in [0, 0.05) is 29.7 Å². The van der Waals surface area contributed by atoms with Crippen molar-refractivity contribution in [1.82, 2.24) is 9.97 Å². The lowest BCUT2D eigenvalue weighted by Crippen LogP contribution is -2.37. The van der Waals surface area contributed by atoms with E-state index in [0.717, 1.165) is 17.1 Å². The summed E-state index contributed by atoms with van der Waals surface area (Å²) in [5.41, 5.74) is 1.77. The topological polar surface area (TPSA) is 87.6 Å². The van der Waals surface area contributed by atoms with Gasteiger partial charge in [-0.25, -0.2) is 4.98 Å². The van der Waals surface area contributed by atoms with Gasteiger partial charge in [-0.1, -0.05) is 29.3 Å². The van der Waals surface area contributed by atoms with Crippen LogP contribution in [0, 0.1) is 5.92 Å². The van der Waals surface area contributed by atoms with Gasteiger partial charge in [0.05, 0.1) is 24.9 Å². The number of carbonyl (C=O) groups is 1. The molecule has 1 fully saturated rings. The molecular formula is C19H22Cl2N4O3. The van der Waals surface area contributed by atoms with E-state index in [0.29, 0.717) is 48.9 Å². The molecule has 2 N–H and O–H groups in total. The van der Waals surface area contributed by atoms with Crippen molar-refractivity contribution < 1.29 is 14.6 Å². The van der Waals surface area contributed by atoms with Crippen LogP contribution in [-0.2, 0) is 11.2 Å². The molecule has 1 aliphatic rings. The Morgan fingerprint density at radius 3 is 2.75 bits per heavy atom. The number of aromatic nitrogens is 2. The van der Waals surface area contributed by atoms with E-state index < -0.39 is 5.97 Å². The second-order valence-electron chi connectivity index (χ2n) is 6.61. The van der Waals surface area contributed by atoms with Crippen LogP contribution >= 0.6 is 23.2 Å². The molecule has 0 atom stereocenters. The van der Waals surface area contributed by atoms with Crippen LogP contribution in [0.2, 0.25) is 10.0 Å². The highest BCUT2D eigenvalue weighted by molar-refractivity contribution is 6.35. The maximum absolute atomic E-state index is 11.2. The zero-order chi connectivity index (χ0) is 20.1. The summed E-state index contributed by atoms with van der Waals surface area (Å²) in [6.07, 6.45) is 3.57. The lowest BCUT2D eigenvalue weighted by molar-refractivity contribution is -0.142. The normalized spacial score (nSPS) is 14.8. The quantitative estimate of drug-likeness (QED) is 0.699. The van der Waals surface area contributed by atoms with Gasteiger partial charge in [0.15, 0.2) is 5.82 Å². The molecule has 1 aliphatic heterocycles. The van der Waals surface area contributed by atoms with Crippen LogP contribution in [0.5, 0.6) is 6.01 Å². The zero-order valence-electron chi connectivity index (χ0n) is 15.5. The van der Waals surface area contributed by atoms with Gasteiger partial charge in [-0.2, -0.15) is 4.98 Å². The Balaban J connectivity index is 1.69. The molecule has 0 radical (unpaired) electrons. The van der Waals surface area contributed by atoms with Crippen LogP contribution in [0.4, 0.5) is 11.5 Å². The van der Waals surface area contributed by atoms with Crippen molar-refractivity contribution in [2.45, 2.75) is 19.3 Å². The second-order valence-corrected chi connectivity index (χ2v) is 7.45.